The van der Waals surface area contributed by atoms with Gasteiger partial charge in [0.05, 0.1) is 11.0 Å². The maximum atomic E-state index is 12.0. The minimum Gasteiger partial charge on any atom is -0.481 e. The molecule has 0 aliphatic rings. The van der Waals surface area contributed by atoms with Crippen LogP contribution in [0.15, 0.2) is 56.6 Å². The highest BCUT2D eigenvalue weighted by molar-refractivity contribution is 6.30. The van der Waals surface area contributed by atoms with Crippen molar-refractivity contribution in [3.8, 4) is 17.1 Å². The number of aromatic nitrogens is 4. The Bertz CT molecular complexity index is 1310. The Kier molecular flexibility index (Phi) is 4.94. The van der Waals surface area contributed by atoms with Gasteiger partial charge in [0.25, 0.3) is 5.89 Å². The molecule has 0 amide bonds. The molecule has 4 aromatic rings. The molecule has 9 heteroatoms. The number of H-pyrrole nitrogens is 1. The highest BCUT2D eigenvalue weighted by Gasteiger charge is 2.18. The fraction of sp³-hybridized carbons (Fsp3) is 0.200. The lowest BCUT2D eigenvalue weighted by Gasteiger charge is -2.10. The van der Waals surface area contributed by atoms with Gasteiger partial charge in [-0.05, 0) is 50.2 Å². The predicted octanol–water partition coefficient (Wildman–Crippen LogP) is 3.55. The minimum absolute atomic E-state index is 0.298. The lowest BCUT2D eigenvalue weighted by molar-refractivity contribution is 0.176. The van der Waals surface area contributed by atoms with Crippen molar-refractivity contribution in [3.05, 3.63) is 74.1 Å². The summed E-state index contributed by atoms with van der Waals surface area (Å²) in [5, 5.41) is 4.57. The highest BCUT2D eigenvalue weighted by Crippen LogP contribution is 2.26. The molecule has 0 unspecified atom stereocenters. The summed E-state index contributed by atoms with van der Waals surface area (Å²) in [4.78, 5) is 30.9. The third-order valence-electron chi connectivity index (χ3n) is 4.45. The van der Waals surface area contributed by atoms with Gasteiger partial charge < -0.3 is 18.8 Å². The lowest BCUT2D eigenvalue weighted by atomic mass is 10.2. The predicted molar refractivity (Wildman–Crippen MR) is 108 cm³/mol. The van der Waals surface area contributed by atoms with Crippen LogP contribution in [0.4, 0.5) is 0 Å². The van der Waals surface area contributed by atoms with E-state index in [4.69, 9.17) is 20.9 Å². The summed E-state index contributed by atoms with van der Waals surface area (Å²) in [5.74, 6) is 1.23. The second kappa shape index (κ2) is 7.56. The topological polar surface area (TPSA) is 103 Å². The SMILES string of the molecule is CCn1c(=O)c(=O)[nH]c2cc(-c3noc([C@H](C)Oc4cccc(Cl)c4)n3)ccc21. The van der Waals surface area contributed by atoms with Crippen molar-refractivity contribution in [2.24, 2.45) is 0 Å². The molecule has 0 fully saturated rings. The normalized spacial score (nSPS) is 12.2. The Labute approximate surface area is 169 Å². The average Bonchev–Trinajstić information content (AvgIpc) is 3.19. The van der Waals surface area contributed by atoms with Crippen molar-refractivity contribution in [1.29, 1.82) is 0 Å². The molecule has 1 atom stereocenters. The summed E-state index contributed by atoms with van der Waals surface area (Å²) in [6.45, 7) is 3.99. The monoisotopic (exact) mass is 412 g/mol. The summed E-state index contributed by atoms with van der Waals surface area (Å²) in [6.07, 6.45) is -0.486. The molecule has 0 saturated carbocycles. The molecule has 0 aliphatic heterocycles. The van der Waals surface area contributed by atoms with Gasteiger partial charge in [-0.2, -0.15) is 4.98 Å². The molecule has 0 spiro atoms. The number of ether oxygens (including phenoxy) is 1. The number of aromatic amines is 1. The number of aryl methyl sites for hydroxylation is 1. The van der Waals surface area contributed by atoms with Gasteiger partial charge in [-0.25, -0.2) is 0 Å². The number of fused-ring (bicyclic) bond motifs is 1. The summed E-state index contributed by atoms with van der Waals surface area (Å²) in [6, 6.07) is 12.2. The Morgan fingerprint density at radius 1 is 1.24 bits per heavy atom. The van der Waals surface area contributed by atoms with Crippen LogP contribution in [0.1, 0.15) is 25.8 Å². The van der Waals surface area contributed by atoms with Gasteiger partial charge in [0.2, 0.25) is 5.82 Å². The highest BCUT2D eigenvalue weighted by atomic mass is 35.5. The number of halogens is 1. The zero-order valence-corrected chi connectivity index (χ0v) is 16.4. The van der Waals surface area contributed by atoms with Crippen molar-refractivity contribution in [2.45, 2.75) is 26.5 Å². The van der Waals surface area contributed by atoms with Crippen LogP contribution in [0.3, 0.4) is 0 Å². The fourth-order valence-electron chi connectivity index (χ4n) is 3.04. The van der Waals surface area contributed by atoms with Gasteiger partial charge in [0, 0.05) is 17.1 Å². The second-order valence-electron chi connectivity index (χ2n) is 6.41. The first kappa shape index (κ1) is 18.9. The molecule has 0 bridgehead atoms. The number of hydrogen-bond donors (Lipinski definition) is 1. The molecule has 2 heterocycles. The van der Waals surface area contributed by atoms with Crippen molar-refractivity contribution in [2.75, 3.05) is 0 Å². The van der Waals surface area contributed by atoms with Gasteiger partial charge >= 0.3 is 11.1 Å². The first-order valence-electron chi connectivity index (χ1n) is 8.99. The number of benzene rings is 2. The van der Waals surface area contributed by atoms with Crippen LogP contribution >= 0.6 is 11.6 Å². The summed E-state index contributed by atoms with van der Waals surface area (Å²) in [7, 11) is 0. The quantitative estimate of drug-likeness (QED) is 0.503. The van der Waals surface area contributed by atoms with Crippen LogP contribution in [0, 0.1) is 0 Å². The second-order valence-corrected chi connectivity index (χ2v) is 6.85. The van der Waals surface area contributed by atoms with E-state index in [2.05, 4.69) is 15.1 Å². The molecule has 2 aromatic heterocycles. The van der Waals surface area contributed by atoms with Gasteiger partial charge in [-0.15, -0.1) is 0 Å². The average molecular weight is 413 g/mol. The van der Waals surface area contributed by atoms with Crippen LogP contribution in [-0.4, -0.2) is 19.7 Å². The van der Waals surface area contributed by atoms with E-state index >= 15 is 0 Å². The largest absolute Gasteiger partial charge is 0.481 e. The first-order chi connectivity index (χ1) is 14.0. The summed E-state index contributed by atoms with van der Waals surface area (Å²) < 4.78 is 12.5. The zero-order valence-electron chi connectivity index (χ0n) is 15.7. The van der Waals surface area contributed by atoms with Crippen LogP contribution in [0.25, 0.3) is 22.4 Å². The number of nitrogens with zero attached hydrogens (tertiary/aromatic N) is 3. The fourth-order valence-corrected chi connectivity index (χ4v) is 3.23. The molecule has 0 aliphatic carbocycles. The van der Waals surface area contributed by atoms with E-state index in [9.17, 15) is 9.59 Å². The number of hydrogen-bond acceptors (Lipinski definition) is 6. The van der Waals surface area contributed by atoms with E-state index in [1.165, 1.54) is 4.57 Å². The molecule has 0 radical (unpaired) electrons. The first-order valence-corrected chi connectivity index (χ1v) is 9.37. The van der Waals surface area contributed by atoms with Crippen molar-refractivity contribution >= 4 is 22.6 Å². The molecular formula is C20H17ClN4O4. The van der Waals surface area contributed by atoms with Crippen LogP contribution in [0.2, 0.25) is 5.02 Å². The molecule has 1 N–H and O–H groups in total. The zero-order chi connectivity index (χ0) is 20.5. The standard InChI is InChI=1S/C20H17ClN4O4/c1-3-25-16-8-7-12(9-15(16)22-18(26)20(25)27)17-23-19(29-24-17)11(2)28-14-6-4-5-13(21)10-14/h4-11H,3H2,1-2H3,(H,22,26)/t11-/m0/s1. The lowest BCUT2D eigenvalue weighted by Crippen LogP contribution is -2.35. The third-order valence-corrected chi connectivity index (χ3v) is 4.68. The molecule has 148 valence electrons. The molecule has 29 heavy (non-hydrogen) atoms. The van der Waals surface area contributed by atoms with E-state index in [0.717, 1.165) is 0 Å². The third kappa shape index (κ3) is 3.66. The van der Waals surface area contributed by atoms with Gasteiger partial charge in [0.1, 0.15) is 5.75 Å². The Hall–Kier alpha value is -3.39. The van der Waals surface area contributed by atoms with Gasteiger partial charge in [-0.3, -0.25) is 9.59 Å². The summed E-state index contributed by atoms with van der Waals surface area (Å²) >= 11 is 5.97. The maximum absolute atomic E-state index is 12.0. The van der Waals surface area contributed by atoms with Crippen molar-refractivity contribution in [3.63, 3.8) is 0 Å². The Balaban J connectivity index is 1.65. The molecular weight excluding hydrogens is 396 g/mol. The maximum Gasteiger partial charge on any atom is 0.316 e. The number of nitrogens with one attached hydrogen (secondary N) is 1. The van der Waals surface area contributed by atoms with Crippen LogP contribution < -0.4 is 15.9 Å². The van der Waals surface area contributed by atoms with E-state index in [-0.39, 0.29) is 0 Å². The smallest absolute Gasteiger partial charge is 0.316 e. The minimum atomic E-state index is -0.672. The van der Waals surface area contributed by atoms with E-state index < -0.39 is 17.2 Å². The Morgan fingerprint density at radius 2 is 2.07 bits per heavy atom. The Morgan fingerprint density at radius 3 is 2.83 bits per heavy atom. The van der Waals surface area contributed by atoms with Crippen molar-refractivity contribution < 1.29 is 9.26 Å². The molecule has 8 nitrogen and oxygen atoms in total. The van der Waals surface area contributed by atoms with E-state index in [1.807, 2.05) is 0 Å². The summed E-state index contributed by atoms with van der Waals surface area (Å²) in [5.41, 5.74) is 0.528. The van der Waals surface area contributed by atoms with E-state index in [1.54, 1.807) is 56.3 Å². The molecule has 0 saturated heterocycles. The van der Waals surface area contributed by atoms with Crippen LogP contribution in [-0.2, 0) is 6.54 Å². The van der Waals surface area contributed by atoms with E-state index in [0.29, 0.717) is 45.6 Å². The number of rotatable bonds is 5. The molecule has 2 aromatic carbocycles. The van der Waals surface area contributed by atoms with Gasteiger partial charge in [-0.1, -0.05) is 22.8 Å². The van der Waals surface area contributed by atoms with Crippen molar-refractivity contribution in [1.82, 2.24) is 19.7 Å². The van der Waals surface area contributed by atoms with Crippen LogP contribution in [0.5, 0.6) is 5.75 Å². The molecule has 4 rings (SSSR count). The van der Waals surface area contributed by atoms with Gasteiger partial charge in [0.15, 0.2) is 6.10 Å².